The number of nitrogens with zero attached hydrogens (tertiary/aromatic N) is 2. The fraction of sp³-hybridized carbons (Fsp3) is 0.688. The topological polar surface area (TPSA) is 28.2 Å². The molecule has 3 nitrogen and oxygen atoms in total. The average molecular weight is 259 g/mol. The van der Waals surface area contributed by atoms with Gasteiger partial charge >= 0.3 is 0 Å². The van der Waals surface area contributed by atoms with E-state index in [0.717, 1.165) is 30.7 Å². The van der Waals surface area contributed by atoms with Crippen LogP contribution in [0.15, 0.2) is 12.1 Å². The predicted molar refractivity (Wildman–Crippen MR) is 79.4 cm³/mol. The molecular formula is C16H25N3. The van der Waals surface area contributed by atoms with Crippen LogP contribution in [-0.4, -0.2) is 24.1 Å². The molecule has 104 valence electrons. The summed E-state index contributed by atoms with van der Waals surface area (Å²) in [5.41, 5.74) is 2.52. The van der Waals surface area contributed by atoms with Crippen molar-refractivity contribution < 1.29 is 0 Å². The number of hydrogen-bond donors (Lipinski definition) is 1. The maximum atomic E-state index is 4.76. The highest BCUT2D eigenvalue weighted by Crippen LogP contribution is 2.39. The van der Waals surface area contributed by atoms with Gasteiger partial charge in [0.15, 0.2) is 0 Å². The van der Waals surface area contributed by atoms with Crippen molar-refractivity contribution in [2.75, 3.05) is 18.0 Å². The van der Waals surface area contributed by atoms with Crippen LogP contribution in [0.2, 0.25) is 0 Å². The van der Waals surface area contributed by atoms with Gasteiger partial charge in [-0.05, 0) is 62.8 Å². The van der Waals surface area contributed by atoms with Gasteiger partial charge in [-0.3, -0.25) is 0 Å². The van der Waals surface area contributed by atoms with Gasteiger partial charge in [0.1, 0.15) is 5.82 Å². The Morgan fingerprint density at radius 2 is 2.26 bits per heavy atom. The highest BCUT2D eigenvalue weighted by Gasteiger charge is 2.38. The first kappa shape index (κ1) is 12.9. The van der Waals surface area contributed by atoms with Crippen molar-refractivity contribution in [3.05, 3.63) is 23.4 Å². The van der Waals surface area contributed by atoms with Crippen LogP contribution < -0.4 is 10.2 Å². The molecule has 0 amide bonds. The van der Waals surface area contributed by atoms with E-state index in [1.807, 2.05) is 0 Å². The molecule has 2 unspecified atom stereocenters. The van der Waals surface area contributed by atoms with Crippen molar-refractivity contribution in [3.63, 3.8) is 0 Å². The Morgan fingerprint density at radius 3 is 2.95 bits per heavy atom. The number of anilines is 1. The van der Waals surface area contributed by atoms with E-state index in [1.54, 1.807) is 0 Å². The Balaban J connectivity index is 1.74. The summed E-state index contributed by atoms with van der Waals surface area (Å²) in [6, 6.07) is 5.26. The Labute approximate surface area is 116 Å². The molecule has 0 radical (unpaired) electrons. The third-order valence-corrected chi connectivity index (χ3v) is 4.46. The molecule has 2 fully saturated rings. The number of hydrogen-bond acceptors (Lipinski definition) is 3. The van der Waals surface area contributed by atoms with Crippen LogP contribution in [0.5, 0.6) is 0 Å². The SMILES string of the molecule is CCCNCc1cc(C)nc(N2CC3CCC2C3)c1. The van der Waals surface area contributed by atoms with Gasteiger partial charge in [-0.2, -0.15) is 0 Å². The summed E-state index contributed by atoms with van der Waals surface area (Å²) in [6.45, 7) is 7.60. The van der Waals surface area contributed by atoms with Crippen molar-refractivity contribution in [2.45, 2.75) is 52.1 Å². The molecule has 1 aromatic heterocycles. The van der Waals surface area contributed by atoms with Gasteiger partial charge in [-0.15, -0.1) is 0 Å². The lowest BCUT2D eigenvalue weighted by atomic mass is 10.1. The Morgan fingerprint density at radius 1 is 1.37 bits per heavy atom. The standard InChI is InChI=1S/C16H25N3/c1-3-6-17-10-14-7-12(2)18-16(9-14)19-11-13-4-5-15(19)8-13/h7,9,13,15,17H,3-6,8,10-11H2,1-2H3. The minimum Gasteiger partial charge on any atom is -0.353 e. The molecule has 1 saturated carbocycles. The zero-order chi connectivity index (χ0) is 13.2. The molecule has 0 aromatic carbocycles. The summed E-state index contributed by atoms with van der Waals surface area (Å²) in [4.78, 5) is 7.31. The van der Waals surface area contributed by atoms with Gasteiger partial charge < -0.3 is 10.2 Å². The predicted octanol–water partition coefficient (Wildman–Crippen LogP) is 2.88. The molecule has 3 heteroatoms. The van der Waals surface area contributed by atoms with Gasteiger partial charge in [0, 0.05) is 24.8 Å². The van der Waals surface area contributed by atoms with Crippen LogP contribution in [-0.2, 0) is 6.54 Å². The zero-order valence-corrected chi connectivity index (χ0v) is 12.2. The minimum absolute atomic E-state index is 0.760. The quantitative estimate of drug-likeness (QED) is 0.824. The molecule has 1 N–H and O–H groups in total. The molecular weight excluding hydrogens is 234 g/mol. The highest BCUT2D eigenvalue weighted by molar-refractivity contribution is 5.46. The molecule has 1 aromatic rings. The number of aryl methyl sites for hydroxylation is 1. The van der Waals surface area contributed by atoms with Crippen LogP contribution in [0.4, 0.5) is 5.82 Å². The fourth-order valence-corrected chi connectivity index (χ4v) is 3.59. The van der Waals surface area contributed by atoms with Gasteiger partial charge in [0.05, 0.1) is 0 Å². The molecule has 1 saturated heterocycles. The normalized spacial score (nSPS) is 25.3. The first-order valence-electron chi connectivity index (χ1n) is 7.71. The maximum Gasteiger partial charge on any atom is 0.129 e. The third kappa shape index (κ3) is 2.76. The first-order chi connectivity index (χ1) is 9.26. The molecule has 2 heterocycles. The summed E-state index contributed by atoms with van der Waals surface area (Å²) in [7, 11) is 0. The largest absolute Gasteiger partial charge is 0.353 e. The van der Waals surface area contributed by atoms with E-state index in [-0.39, 0.29) is 0 Å². The number of rotatable bonds is 5. The van der Waals surface area contributed by atoms with Crippen molar-refractivity contribution in [1.82, 2.24) is 10.3 Å². The number of fused-ring (bicyclic) bond motifs is 2. The highest BCUT2D eigenvalue weighted by atomic mass is 15.2. The minimum atomic E-state index is 0.760. The van der Waals surface area contributed by atoms with Crippen molar-refractivity contribution in [3.8, 4) is 0 Å². The lowest BCUT2D eigenvalue weighted by Crippen LogP contribution is -2.32. The number of pyridine rings is 1. The Hall–Kier alpha value is -1.09. The lowest BCUT2D eigenvalue weighted by Gasteiger charge is -2.28. The van der Waals surface area contributed by atoms with Gasteiger partial charge in [0.25, 0.3) is 0 Å². The van der Waals surface area contributed by atoms with Crippen LogP contribution >= 0.6 is 0 Å². The molecule has 2 atom stereocenters. The lowest BCUT2D eigenvalue weighted by molar-refractivity contribution is 0.550. The average Bonchev–Trinajstić information content (AvgIpc) is 3.00. The number of nitrogens with one attached hydrogen (secondary N) is 1. The van der Waals surface area contributed by atoms with Crippen molar-refractivity contribution in [1.29, 1.82) is 0 Å². The van der Waals surface area contributed by atoms with E-state index >= 15 is 0 Å². The number of aromatic nitrogens is 1. The zero-order valence-electron chi connectivity index (χ0n) is 12.2. The summed E-state index contributed by atoms with van der Waals surface area (Å²) in [6.07, 6.45) is 5.37. The van der Waals surface area contributed by atoms with Crippen LogP contribution in [0.1, 0.15) is 43.9 Å². The number of piperidine rings is 1. The van der Waals surface area contributed by atoms with Crippen molar-refractivity contribution >= 4 is 5.82 Å². The molecule has 1 aliphatic heterocycles. The van der Waals surface area contributed by atoms with Gasteiger partial charge in [0.2, 0.25) is 0 Å². The summed E-state index contributed by atoms with van der Waals surface area (Å²) >= 11 is 0. The van der Waals surface area contributed by atoms with E-state index < -0.39 is 0 Å². The van der Waals surface area contributed by atoms with Crippen LogP contribution in [0.3, 0.4) is 0 Å². The van der Waals surface area contributed by atoms with E-state index in [2.05, 4.69) is 36.2 Å². The van der Waals surface area contributed by atoms with Gasteiger partial charge in [-0.1, -0.05) is 6.92 Å². The Bertz CT molecular complexity index is 444. The fourth-order valence-electron chi connectivity index (χ4n) is 3.59. The summed E-state index contributed by atoms with van der Waals surface area (Å²) in [5, 5.41) is 3.48. The van der Waals surface area contributed by atoms with Crippen LogP contribution in [0, 0.1) is 12.8 Å². The smallest absolute Gasteiger partial charge is 0.129 e. The monoisotopic (exact) mass is 259 g/mol. The molecule has 0 spiro atoms. The first-order valence-corrected chi connectivity index (χ1v) is 7.71. The molecule has 2 aliphatic rings. The van der Waals surface area contributed by atoms with E-state index in [0.29, 0.717) is 0 Å². The second-order valence-corrected chi connectivity index (χ2v) is 6.14. The third-order valence-electron chi connectivity index (χ3n) is 4.46. The molecule has 3 rings (SSSR count). The van der Waals surface area contributed by atoms with E-state index in [9.17, 15) is 0 Å². The second-order valence-electron chi connectivity index (χ2n) is 6.14. The van der Waals surface area contributed by atoms with Crippen molar-refractivity contribution in [2.24, 2.45) is 5.92 Å². The Kier molecular flexibility index (Phi) is 3.74. The molecule has 1 aliphatic carbocycles. The second kappa shape index (κ2) is 5.49. The molecule has 2 bridgehead atoms. The van der Waals surface area contributed by atoms with E-state index in [4.69, 9.17) is 4.98 Å². The van der Waals surface area contributed by atoms with Gasteiger partial charge in [-0.25, -0.2) is 4.98 Å². The molecule has 19 heavy (non-hydrogen) atoms. The maximum absolute atomic E-state index is 4.76. The summed E-state index contributed by atoms with van der Waals surface area (Å²) in [5.74, 6) is 2.13. The van der Waals surface area contributed by atoms with E-state index in [1.165, 1.54) is 43.6 Å². The summed E-state index contributed by atoms with van der Waals surface area (Å²) < 4.78 is 0. The van der Waals surface area contributed by atoms with Crippen LogP contribution in [0.25, 0.3) is 0 Å².